The Morgan fingerprint density at radius 3 is 2.62 bits per heavy atom. The van der Waals surface area contributed by atoms with Gasteiger partial charge in [0.05, 0.1) is 17.6 Å². The molecule has 3 rings (SSSR count). The zero-order valence-corrected chi connectivity index (χ0v) is 16.1. The minimum absolute atomic E-state index is 0.0730. The molecule has 0 fully saturated rings. The predicted molar refractivity (Wildman–Crippen MR) is 99.8 cm³/mol. The number of methoxy groups -OCH3 is 1. The number of anilines is 1. The largest absolute Gasteiger partial charge is 0.465 e. The van der Waals surface area contributed by atoms with E-state index in [1.54, 1.807) is 0 Å². The van der Waals surface area contributed by atoms with E-state index >= 15 is 0 Å². The number of esters is 1. The number of carbonyl (C=O) groups is 2. The molecular formula is C18H19NO5S2. The van der Waals surface area contributed by atoms with E-state index in [0.717, 1.165) is 42.4 Å². The maximum Gasteiger partial charge on any atom is 0.341 e. The van der Waals surface area contributed by atoms with Crippen molar-refractivity contribution < 1.29 is 22.7 Å². The first-order valence-corrected chi connectivity index (χ1v) is 10.9. The van der Waals surface area contributed by atoms with Crippen LogP contribution in [0.25, 0.3) is 0 Å². The molecule has 1 amide bonds. The summed E-state index contributed by atoms with van der Waals surface area (Å²) in [5.74, 6) is -0.927. The first kappa shape index (κ1) is 18.6. The van der Waals surface area contributed by atoms with Crippen molar-refractivity contribution in [1.29, 1.82) is 0 Å². The van der Waals surface area contributed by atoms with Crippen LogP contribution in [0.2, 0.25) is 0 Å². The van der Waals surface area contributed by atoms with Crippen LogP contribution >= 0.6 is 11.3 Å². The van der Waals surface area contributed by atoms with Crippen LogP contribution in [0.5, 0.6) is 0 Å². The van der Waals surface area contributed by atoms with Crippen molar-refractivity contribution in [2.24, 2.45) is 0 Å². The Hall–Kier alpha value is -2.19. The molecular weight excluding hydrogens is 374 g/mol. The van der Waals surface area contributed by atoms with Crippen molar-refractivity contribution in [1.82, 2.24) is 0 Å². The third kappa shape index (κ3) is 3.66. The van der Waals surface area contributed by atoms with Gasteiger partial charge in [-0.2, -0.15) is 0 Å². The number of thiophene rings is 1. The van der Waals surface area contributed by atoms with Crippen molar-refractivity contribution in [3.05, 3.63) is 45.8 Å². The number of fused-ring (bicyclic) bond motifs is 1. The Labute approximate surface area is 156 Å². The van der Waals surface area contributed by atoms with E-state index in [1.807, 2.05) is 0 Å². The van der Waals surface area contributed by atoms with Gasteiger partial charge in [-0.3, -0.25) is 4.79 Å². The number of benzene rings is 1. The van der Waals surface area contributed by atoms with Crippen LogP contribution in [0.1, 0.15) is 44.0 Å². The topological polar surface area (TPSA) is 89.5 Å². The van der Waals surface area contributed by atoms with Gasteiger partial charge in [-0.1, -0.05) is 6.07 Å². The fraction of sp³-hybridized carbons (Fsp3) is 0.333. The number of sulfone groups is 1. The summed E-state index contributed by atoms with van der Waals surface area (Å²) in [5.41, 5.74) is 1.59. The molecule has 2 aromatic rings. The Morgan fingerprint density at radius 2 is 1.92 bits per heavy atom. The third-order valence-corrected chi connectivity index (χ3v) is 6.63. The van der Waals surface area contributed by atoms with Gasteiger partial charge in [-0.25, -0.2) is 13.2 Å². The first-order valence-electron chi connectivity index (χ1n) is 8.15. The molecule has 1 heterocycles. The second kappa shape index (κ2) is 7.20. The summed E-state index contributed by atoms with van der Waals surface area (Å²) in [5, 5.41) is 3.22. The molecule has 0 unspecified atom stereocenters. The molecule has 6 nitrogen and oxygen atoms in total. The van der Waals surface area contributed by atoms with E-state index in [4.69, 9.17) is 4.74 Å². The average molecular weight is 393 g/mol. The van der Waals surface area contributed by atoms with E-state index in [0.29, 0.717) is 10.6 Å². The summed E-state index contributed by atoms with van der Waals surface area (Å²) >= 11 is 1.39. The number of aryl methyl sites for hydroxylation is 1. The SMILES string of the molecule is COC(=O)c1c(NC(=O)c2cccc(S(C)(=O)=O)c2)sc2c1CCCC2. The highest BCUT2D eigenvalue weighted by atomic mass is 32.2. The smallest absolute Gasteiger partial charge is 0.341 e. The van der Waals surface area contributed by atoms with Gasteiger partial charge in [0.2, 0.25) is 0 Å². The molecule has 138 valence electrons. The maximum absolute atomic E-state index is 12.6. The van der Waals surface area contributed by atoms with E-state index in [1.165, 1.54) is 42.7 Å². The third-order valence-electron chi connectivity index (χ3n) is 4.31. The van der Waals surface area contributed by atoms with Crippen molar-refractivity contribution in [2.75, 3.05) is 18.7 Å². The lowest BCUT2D eigenvalue weighted by atomic mass is 9.95. The zero-order valence-electron chi connectivity index (χ0n) is 14.5. The summed E-state index contributed by atoms with van der Waals surface area (Å²) in [7, 11) is -2.10. The van der Waals surface area contributed by atoms with Crippen molar-refractivity contribution in [3.63, 3.8) is 0 Å². The van der Waals surface area contributed by atoms with E-state index in [9.17, 15) is 18.0 Å². The Morgan fingerprint density at radius 1 is 1.19 bits per heavy atom. The summed E-state index contributed by atoms with van der Waals surface area (Å²) < 4.78 is 28.3. The lowest BCUT2D eigenvalue weighted by molar-refractivity contribution is 0.0601. The molecule has 1 aliphatic carbocycles. The summed E-state index contributed by atoms with van der Waals surface area (Å²) in [6.07, 6.45) is 4.81. The quantitative estimate of drug-likeness (QED) is 0.807. The van der Waals surface area contributed by atoms with Crippen molar-refractivity contribution >= 4 is 38.1 Å². The Balaban J connectivity index is 1.95. The van der Waals surface area contributed by atoms with Crippen molar-refractivity contribution in [3.8, 4) is 0 Å². The average Bonchev–Trinajstić information content (AvgIpc) is 2.98. The highest BCUT2D eigenvalue weighted by Gasteiger charge is 2.27. The van der Waals surface area contributed by atoms with Gasteiger partial charge in [-0.05, 0) is 49.4 Å². The van der Waals surface area contributed by atoms with Crippen LogP contribution in [0, 0.1) is 0 Å². The first-order chi connectivity index (χ1) is 12.3. The van der Waals surface area contributed by atoms with E-state index in [-0.39, 0.29) is 10.5 Å². The van der Waals surface area contributed by atoms with Crippen molar-refractivity contribution in [2.45, 2.75) is 30.6 Å². The molecule has 8 heteroatoms. The van der Waals surface area contributed by atoms with Gasteiger partial charge in [0.15, 0.2) is 9.84 Å². The molecule has 1 N–H and O–H groups in total. The van der Waals surface area contributed by atoms with Crippen LogP contribution in [0.15, 0.2) is 29.2 Å². The van der Waals surface area contributed by atoms with E-state index in [2.05, 4.69) is 5.32 Å². The van der Waals surface area contributed by atoms with E-state index < -0.39 is 21.7 Å². The van der Waals surface area contributed by atoms with Gasteiger partial charge >= 0.3 is 5.97 Å². The number of amides is 1. The predicted octanol–water partition coefficient (Wildman–Crippen LogP) is 3.07. The molecule has 0 spiro atoms. The molecule has 1 aliphatic rings. The maximum atomic E-state index is 12.6. The Kier molecular flexibility index (Phi) is 5.15. The minimum Gasteiger partial charge on any atom is -0.465 e. The molecule has 0 saturated carbocycles. The molecule has 0 saturated heterocycles. The molecule has 0 atom stereocenters. The number of nitrogens with one attached hydrogen (secondary N) is 1. The standard InChI is InChI=1S/C18H19NO5S2/c1-24-18(21)15-13-8-3-4-9-14(13)25-17(15)19-16(20)11-6-5-7-12(10-11)26(2,22)23/h5-7,10H,3-4,8-9H2,1-2H3,(H,19,20). The highest BCUT2D eigenvalue weighted by Crippen LogP contribution is 2.38. The van der Waals surface area contributed by atoms with Gasteiger partial charge in [0, 0.05) is 16.7 Å². The van der Waals surface area contributed by atoms with Crippen LogP contribution in [-0.2, 0) is 27.4 Å². The molecule has 26 heavy (non-hydrogen) atoms. The number of hydrogen-bond acceptors (Lipinski definition) is 6. The van der Waals surface area contributed by atoms with Gasteiger partial charge in [-0.15, -0.1) is 11.3 Å². The number of ether oxygens (including phenoxy) is 1. The van der Waals surface area contributed by atoms with Crippen LogP contribution in [-0.4, -0.2) is 33.7 Å². The van der Waals surface area contributed by atoms with Gasteiger partial charge < -0.3 is 10.1 Å². The molecule has 0 bridgehead atoms. The number of hydrogen-bond donors (Lipinski definition) is 1. The Bertz CT molecular complexity index is 975. The lowest BCUT2D eigenvalue weighted by Gasteiger charge is -2.11. The second-order valence-electron chi connectivity index (χ2n) is 6.16. The molecule has 1 aromatic carbocycles. The summed E-state index contributed by atoms with van der Waals surface area (Å²) in [6.45, 7) is 0. The second-order valence-corrected chi connectivity index (χ2v) is 9.28. The fourth-order valence-corrected chi connectivity index (χ4v) is 4.95. The van der Waals surface area contributed by atoms with Gasteiger partial charge in [0.25, 0.3) is 5.91 Å². The molecule has 0 aliphatic heterocycles. The van der Waals surface area contributed by atoms with Crippen LogP contribution < -0.4 is 5.32 Å². The van der Waals surface area contributed by atoms with Crippen LogP contribution in [0.4, 0.5) is 5.00 Å². The number of rotatable bonds is 4. The monoisotopic (exact) mass is 393 g/mol. The summed E-state index contributed by atoms with van der Waals surface area (Å²) in [6, 6.07) is 5.83. The number of carbonyl (C=O) groups excluding carboxylic acids is 2. The fourth-order valence-electron chi connectivity index (χ4n) is 3.02. The highest BCUT2D eigenvalue weighted by molar-refractivity contribution is 7.90. The minimum atomic E-state index is -3.41. The zero-order chi connectivity index (χ0) is 18.9. The van der Waals surface area contributed by atoms with Gasteiger partial charge in [0.1, 0.15) is 5.00 Å². The molecule has 0 radical (unpaired) electrons. The normalized spacial score (nSPS) is 13.8. The lowest BCUT2D eigenvalue weighted by Crippen LogP contribution is -2.15. The summed E-state index contributed by atoms with van der Waals surface area (Å²) in [4.78, 5) is 26.0. The molecule has 1 aromatic heterocycles. The van der Waals surface area contributed by atoms with Crippen LogP contribution in [0.3, 0.4) is 0 Å².